The molecule has 92 valence electrons. The smallest absolute Gasteiger partial charge is 0.240 e. The van der Waals surface area contributed by atoms with E-state index in [2.05, 4.69) is 4.72 Å². The molecule has 0 bridgehead atoms. The van der Waals surface area contributed by atoms with Crippen molar-refractivity contribution >= 4 is 10.0 Å². The van der Waals surface area contributed by atoms with Crippen LogP contribution in [0.1, 0.15) is 12.5 Å². The Morgan fingerprint density at radius 2 is 2.00 bits per heavy atom. The van der Waals surface area contributed by atoms with E-state index < -0.39 is 10.0 Å². The van der Waals surface area contributed by atoms with Crippen LogP contribution in [0, 0.1) is 17.2 Å². The minimum atomic E-state index is -3.51. The molecular formula is C11H15N3O2S. The molecule has 1 rings (SSSR count). The lowest BCUT2D eigenvalue weighted by molar-refractivity contribution is 0.545. The van der Waals surface area contributed by atoms with Gasteiger partial charge in [0.05, 0.1) is 16.5 Å². The van der Waals surface area contributed by atoms with Gasteiger partial charge in [-0.05, 0) is 36.7 Å². The van der Waals surface area contributed by atoms with Gasteiger partial charge in [0.15, 0.2) is 0 Å². The van der Waals surface area contributed by atoms with E-state index in [1.807, 2.05) is 13.0 Å². The van der Waals surface area contributed by atoms with Gasteiger partial charge in [0, 0.05) is 6.54 Å². The Balaban J connectivity index is 2.79. The second kappa shape index (κ2) is 5.77. The Bertz CT molecular complexity index is 503. The van der Waals surface area contributed by atoms with E-state index in [1.54, 1.807) is 0 Å². The molecule has 0 spiro atoms. The molecule has 0 radical (unpaired) electrons. The number of hydrogen-bond acceptors (Lipinski definition) is 4. The van der Waals surface area contributed by atoms with E-state index in [9.17, 15) is 8.42 Å². The Kier molecular flexibility index (Phi) is 4.63. The maximum Gasteiger partial charge on any atom is 0.240 e. The van der Waals surface area contributed by atoms with Crippen LogP contribution in [-0.2, 0) is 10.0 Å². The summed E-state index contributed by atoms with van der Waals surface area (Å²) in [7, 11) is -3.51. The molecular weight excluding hydrogens is 238 g/mol. The SMILES string of the molecule is C[C@@H](CN)CNS(=O)(=O)c1ccc(C#N)cc1. The van der Waals surface area contributed by atoms with Gasteiger partial charge in [-0.15, -0.1) is 0 Å². The molecule has 0 aromatic heterocycles. The molecule has 0 amide bonds. The molecule has 0 heterocycles. The van der Waals surface area contributed by atoms with Crippen molar-refractivity contribution in [3.63, 3.8) is 0 Å². The average Bonchev–Trinajstić information content (AvgIpc) is 2.36. The first-order valence-corrected chi connectivity index (χ1v) is 6.68. The summed E-state index contributed by atoms with van der Waals surface area (Å²) in [4.78, 5) is 0.153. The molecule has 1 aromatic carbocycles. The fraction of sp³-hybridized carbons (Fsp3) is 0.364. The highest BCUT2D eigenvalue weighted by atomic mass is 32.2. The zero-order valence-electron chi connectivity index (χ0n) is 9.55. The summed E-state index contributed by atoms with van der Waals surface area (Å²) in [6.07, 6.45) is 0. The number of sulfonamides is 1. The Morgan fingerprint density at radius 3 is 2.47 bits per heavy atom. The number of hydrogen-bond donors (Lipinski definition) is 2. The lowest BCUT2D eigenvalue weighted by atomic mass is 10.2. The summed E-state index contributed by atoms with van der Waals surface area (Å²) in [5.74, 6) is 0.0863. The zero-order chi connectivity index (χ0) is 12.9. The van der Waals surface area contributed by atoms with Crippen LogP contribution in [0.15, 0.2) is 29.2 Å². The third kappa shape index (κ3) is 3.82. The van der Waals surface area contributed by atoms with Gasteiger partial charge in [0.2, 0.25) is 10.0 Å². The van der Waals surface area contributed by atoms with E-state index in [4.69, 9.17) is 11.0 Å². The second-order valence-electron chi connectivity index (χ2n) is 3.83. The third-order valence-electron chi connectivity index (χ3n) is 2.32. The van der Waals surface area contributed by atoms with Gasteiger partial charge in [0.1, 0.15) is 0 Å². The molecule has 17 heavy (non-hydrogen) atoms. The van der Waals surface area contributed by atoms with Gasteiger partial charge in [-0.1, -0.05) is 6.92 Å². The Labute approximate surface area is 101 Å². The maximum atomic E-state index is 11.8. The first-order valence-electron chi connectivity index (χ1n) is 5.19. The average molecular weight is 253 g/mol. The fourth-order valence-corrected chi connectivity index (χ4v) is 2.29. The highest BCUT2D eigenvalue weighted by Crippen LogP contribution is 2.10. The van der Waals surface area contributed by atoms with Crippen molar-refractivity contribution in [2.75, 3.05) is 13.1 Å². The molecule has 0 unspecified atom stereocenters. The molecule has 0 fully saturated rings. The van der Waals surface area contributed by atoms with Crippen LogP contribution >= 0.6 is 0 Å². The molecule has 0 aliphatic heterocycles. The van der Waals surface area contributed by atoms with Crippen LogP contribution in [0.5, 0.6) is 0 Å². The van der Waals surface area contributed by atoms with Gasteiger partial charge >= 0.3 is 0 Å². The Hall–Kier alpha value is -1.42. The first-order chi connectivity index (χ1) is 7.99. The number of nitrogens with one attached hydrogen (secondary N) is 1. The number of nitrogens with two attached hydrogens (primary N) is 1. The van der Waals surface area contributed by atoms with Crippen LogP contribution in [-0.4, -0.2) is 21.5 Å². The van der Waals surface area contributed by atoms with Crippen molar-refractivity contribution in [1.82, 2.24) is 4.72 Å². The Morgan fingerprint density at radius 1 is 1.41 bits per heavy atom. The lowest BCUT2D eigenvalue weighted by Gasteiger charge is -2.10. The number of rotatable bonds is 5. The zero-order valence-corrected chi connectivity index (χ0v) is 10.4. The van der Waals surface area contributed by atoms with Gasteiger partial charge in [-0.25, -0.2) is 13.1 Å². The predicted molar refractivity (Wildman–Crippen MR) is 64.6 cm³/mol. The van der Waals surface area contributed by atoms with Gasteiger partial charge in [0.25, 0.3) is 0 Å². The highest BCUT2D eigenvalue weighted by Gasteiger charge is 2.14. The second-order valence-corrected chi connectivity index (χ2v) is 5.60. The van der Waals surface area contributed by atoms with Crippen LogP contribution in [0.2, 0.25) is 0 Å². The van der Waals surface area contributed by atoms with Gasteiger partial charge in [-0.3, -0.25) is 0 Å². The number of benzene rings is 1. The normalized spacial score (nSPS) is 13.0. The van der Waals surface area contributed by atoms with Crippen LogP contribution in [0.4, 0.5) is 0 Å². The summed E-state index contributed by atoms with van der Waals surface area (Å²) in [6, 6.07) is 7.70. The first kappa shape index (κ1) is 13.6. The summed E-state index contributed by atoms with van der Waals surface area (Å²) >= 11 is 0. The van der Waals surface area contributed by atoms with Crippen LogP contribution < -0.4 is 10.5 Å². The van der Waals surface area contributed by atoms with Crippen molar-refractivity contribution in [1.29, 1.82) is 5.26 Å². The minimum absolute atomic E-state index is 0.0863. The molecule has 5 nitrogen and oxygen atoms in total. The summed E-state index contributed by atoms with van der Waals surface area (Å²) in [5, 5.41) is 8.61. The van der Waals surface area contributed by atoms with E-state index in [1.165, 1.54) is 24.3 Å². The monoisotopic (exact) mass is 253 g/mol. The van der Waals surface area contributed by atoms with Crippen molar-refractivity contribution in [3.8, 4) is 6.07 Å². The molecule has 3 N–H and O–H groups in total. The fourth-order valence-electron chi connectivity index (χ4n) is 1.13. The summed E-state index contributed by atoms with van der Waals surface area (Å²) in [5.41, 5.74) is 5.84. The number of nitrogens with zero attached hydrogens (tertiary/aromatic N) is 1. The van der Waals surface area contributed by atoms with Gasteiger partial charge in [-0.2, -0.15) is 5.26 Å². The van der Waals surface area contributed by atoms with Crippen molar-refractivity contribution in [3.05, 3.63) is 29.8 Å². The molecule has 0 aliphatic rings. The molecule has 6 heteroatoms. The van der Waals surface area contributed by atoms with Crippen LogP contribution in [0.3, 0.4) is 0 Å². The third-order valence-corrected chi connectivity index (χ3v) is 3.76. The molecule has 1 aromatic rings. The number of nitriles is 1. The minimum Gasteiger partial charge on any atom is -0.330 e. The van der Waals surface area contributed by atoms with Crippen LogP contribution in [0.25, 0.3) is 0 Å². The summed E-state index contributed by atoms with van der Waals surface area (Å²) < 4.78 is 26.1. The van der Waals surface area contributed by atoms with Crippen molar-refractivity contribution in [2.45, 2.75) is 11.8 Å². The standard InChI is InChI=1S/C11H15N3O2S/c1-9(6-12)8-14-17(15,16)11-4-2-10(7-13)3-5-11/h2-5,9,14H,6,8,12H2,1H3/t9-/m0/s1. The van der Waals surface area contributed by atoms with Crippen molar-refractivity contribution in [2.24, 2.45) is 11.7 Å². The van der Waals surface area contributed by atoms with Crippen molar-refractivity contribution < 1.29 is 8.42 Å². The molecule has 1 atom stereocenters. The molecule has 0 aliphatic carbocycles. The summed E-state index contributed by atoms with van der Waals surface area (Å²) in [6.45, 7) is 2.59. The largest absolute Gasteiger partial charge is 0.330 e. The quantitative estimate of drug-likeness (QED) is 0.795. The van der Waals surface area contributed by atoms with E-state index >= 15 is 0 Å². The van der Waals surface area contributed by atoms with E-state index in [-0.39, 0.29) is 10.8 Å². The topological polar surface area (TPSA) is 96.0 Å². The maximum absolute atomic E-state index is 11.8. The molecule has 0 saturated carbocycles. The lowest BCUT2D eigenvalue weighted by Crippen LogP contribution is -2.31. The van der Waals surface area contributed by atoms with Gasteiger partial charge < -0.3 is 5.73 Å². The highest BCUT2D eigenvalue weighted by molar-refractivity contribution is 7.89. The van der Waals surface area contributed by atoms with E-state index in [0.29, 0.717) is 18.7 Å². The van der Waals surface area contributed by atoms with E-state index in [0.717, 1.165) is 0 Å². The molecule has 0 saturated heterocycles. The predicted octanol–water partition coefficient (Wildman–Crippen LogP) is 0.431.